The van der Waals surface area contributed by atoms with E-state index in [9.17, 15) is 0 Å². The third-order valence-electron chi connectivity index (χ3n) is 3.11. The Morgan fingerprint density at radius 3 is 2.56 bits per heavy atom. The maximum Gasteiger partial charge on any atom is 0.121 e. The van der Waals surface area contributed by atoms with Crippen molar-refractivity contribution in [3.05, 3.63) is 59.5 Å². The lowest BCUT2D eigenvalue weighted by molar-refractivity contribution is 0.269. The Morgan fingerprint density at radius 1 is 1.11 bits per heavy atom. The quantitative estimate of drug-likeness (QED) is 0.849. The third kappa shape index (κ3) is 3.22. The molecular formula is C15H20N2O. The van der Waals surface area contributed by atoms with E-state index in [1.165, 1.54) is 11.1 Å². The van der Waals surface area contributed by atoms with Crippen molar-refractivity contribution < 1.29 is 4.42 Å². The first-order chi connectivity index (χ1) is 8.83. The van der Waals surface area contributed by atoms with Crippen molar-refractivity contribution >= 4 is 0 Å². The number of rotatable bonds is 6. The van der Waals surface area contributed by atoms with Gasteiger partial charge < -0.3 is 10.2 Å². The molecule has 1 heterocycles. The highest BCUT2D eigenvalue weighted by Gasteiger charge is 2.09. The second-order valence-corrected chi connectivity index (χ2v) is 4.36. The van der Waals surface area contributed by atoms with E-state index in [2.05, 4.69) is 36.1 Å². The summed E-state index contributed by atoms with van der Waals surface area (Å²) in [5, 5.41) is 0. The van der Waals surface area contributed by atoms with Gasteiger partial charge in [0, 0.05) is 18.7 Å². The van der Waals surface area contributed by atoms with E-state index in [0.29, 0.717) is 6.54 Å². The molecule has 0 aliphatic rings. The van der Waals surface area contributed by atoms with E-state index in [0.717, 1.165) is 25.4 Å². The van der Waals surface area contributed by atoms with Gasteiger partial charge in [-0.3, -0.25) is 4.90 Å². The fourth-order valence-corrected chi connectivity index (χ4v) is 2.05. The van der Waals surface area contributed by atoms with Crippen molar-refractivity contribution in [2.45, 2.75) is 26.6 Å². The standard InChI is InChI=1S/C15H20N2O/c1-2-17(11-13-6-4-3-5-7-13)12-14-8-9-18-15(14)10-16/h3-9H,2,10-12,16H2,1H3. The molecule has 3 nitrogen and oxygen atoms in total. The average Bonchev–Trinajstić information content (AvgIpc) is 2.86. The zero-order chi connectivity index (χ0) is 12.8. The summed E-state index contributed by atoms with van der Waals surface area (Å²) in [5.41, 5.74) is 8.17. The Morgan fingerprint density at radius 2 is 1.89 bits per heavy atom. The number of furan rings is 1. The van der Waals surface area contributed by atoms with Crippen LogP contribution in [0.1, 0.15) is 23.8 Å². The number of hydrogen-bond donors (Lipinski definition) is 1. The first-order valence-electron chi connectivity index (χ1n) is 6.35. The van der Waals surface area contributed by atoms with Crippen LogP contribution in [0.5, 0.6) is 0 Å². The number of nitrogens with two attached hydrogens (primary N) is 1. The summed E-state index contributed by atoms with van der Waals surface area (Å²) in [6, 6.07) is 12.5. The van der Waals surface area contributed by atoms with Gasteiger partial charge in [-0.2, -0.15) is 0 Å². The lowest BCUT2D eigenvalue weighted by atomic mass is 10.2. The van der Waals surface area contributed by atoms with Crippen LogP contribution in [0, 0.1) is 0 Å². The maximum absolute atomic E-state index is 5.65. The SMILES string of the molecule is CCN(Cc1ccccc1)Cc1ccoc1CN. The molecule has 0 bridgehead atoms. The minimum Gasteiger partial charge on any atom is -0.468 e. The highest BCUT2D eigenvalue weighted by molar-refractivity contribution is 5.18. The summed E-state index contributed by atoms with van der Waals surface area (Å²) in [7, 11) is 0. The van der Waals surface area contributed by atoms with Crippen molar-refractivity contribution in [3.63, 3.8) is 0 Å². The molecule has 2 rings (SSSR count). The van der Waals surface area contributed by atoms with Gasteiger partial charge in [-0.05, 0) is 18.2 Å². The van der Waals surface area contributed by atoms with Crippen LogP contribution in [0.4, 0.5) is 0 Å². The molecule has 2 N–H and O–H groups in total. The summed E-state index contributed by atoms with van der Waals surface area (Å²) < 4.78 is 5.36. The fraction of sp³-hybridized carbons (Fsp3) is 0.333. The molecule has 2 aromatic rings. The van der Waals surface area contributed by atoms with E-state index in [1.807, 2.05) is 12.1 Å². The van der Waals surface area contributed by atoms with Gasteiger partial charge in [-0.25, -0.2) is 0 Å². The molecule has 0 amide bonds. The number of hydrogen-bond acceptors (Lipinski definition) is 3. The Bertz CT molecular complexity index is 464. The summed E-state index contributed by atoms with van der Waals surface area (Å²) in [6.45, 7) is 5.47. The Labute approximate surface area is 108 Å². The second kappa shape index (κ2) is 6.38. The molecule has 0 saturated heterocycles. The van der Waals surface area contributed by atoms with Gasteiger partial charge >= 0.3 is 0 Å². The van der Waals surface area contributed by atoms with E-state index < -0.39 is 0 Å². The van der Waals surface area contributed by atoms with Gasteiger partial charge in [-0.15, -0.1) is 0 Å². The van der Waals surface area contributed by atoms with Crippen LogP contribution in [-0.4, -0.2) is 11.4 Å². The molecular weight excluding hydrogens is 224 g/mol. The van der Waals surface area contributed by atoms with Gasteiger partial charge in [0.05, 0.1) is 12.8 Å². The molecule has 1 aromatic heterocycles. The lowest BCUT2D eigenvalue weighted by Gasteiger charge is -2.20. The summed E-state index contributed by atoms with van der Waals surface area (Å²) in [5.74, 6) is 0.890. The van der Waals surface area contributed by atoms with Crippen molar-refractivity contribution in [2.75, 3.05) is 6.54 Å². The monoisotopic (exact) mass is 244 g/mol. The lowest BCUT2D eigenvalue weighted by Crippen LogP contribution is -2.22. The molecule has 0 fully saturated rings. The Balaban J connectivity index is 2.02. The molecule has 3 heteroatoms. The first kappa shape index (κ1) is 12.9. The van der Waals surface area contributed by atoms with Crippen molar-refractivity contribution in [3.8, 4) is 0 Å². The Hall–Kier alpha value is -1.58. The molecule has 0 atom stereocenters. The molecule has 0 saturated carbocycles. The fourth-order valence-electron chi connectivity index (χ4n) is 2.05. The summed E-state index contributed by atoms with van der Waals surface area (Å²) in [4.78, 5) is 2.37. The summed E-state index contributed by atoms with van der Waals surface area (Å²) >= 11 is 0. The molecule has 1 aromatic carbocycles. The Kier molecular flexibility index (Phi) is 4.56. The van der Waals surface area contributed by atoms with Crippen LogP contribution in [0.2, 0.25) is 0 Å². The molecule has 0 radical (unpaired) electrons. The molecule has 0 unspecified atom stereocenters. The van der Waals surface area contributed by atoms with Gasteiger partial charge in [0.25, 0.3) is 0 Å². The third-order valence-corrected chi connectivity index (χ3v) is 3.11. The van der Waals surface area contributed by atoms with Gasteiger partial charge in [0.1, 0.15) is 5.76 Å². The van der Waals surface area contributed by atoms with Crippen molar-refractivity contribution in [1.29, 1.82) is 0 Å². The molecule has 96 valence electrons. The molecule has 0 aliphatic carbocycles. The van der Waals surface area contributed by atoms with Gasteiger partial charge in [-0.1, -0.05) is 37.3 Å². The predicted molar refractivity (Wildman–Crippen MR) is 72.8 cm³/mol. The largest absolute Gasteiger partial charge is 0.468 e. The summed E-state index contributed by atoms with van der Waals surface area (Å²) in [6.07, 6.45) is 1.72. The highest BCUT2D eigenvalue weighted by Crippen LogP contribution is 2.14. The van der Waals surface area contributed by atoms with Crippen molar-refractivity contribution in [2.24, 2.45) is 5.73 Å². The minimum absolute atomic E-state index is 0.464. The molecule has 0 spiro atoms. The zero-order valence-electron chi connectivity index (χ0n) is 10.8. The van der Waals surface area contributed by atoms with E-state index in [4.69, 9.17) is 10.2 Å². The van der Waals surface area contributed by atoms with Gasteiger partial charge in [0.15, 0.2) is 0 Å². The van der Waals surface area contributed by atoms with Crippen LogP contribution < -0.4 is 5.73 Å². The average molecular weight is 244 g/mol. The maximum atomic E-state index is 5.65. The second-order valence-electron chi connectivity index (χ2n) is 4.36. The van der Waals surface area contributed by atoms with E-state index in [1.54, 1.807) is 6.26 Å². The highest BCUT2D eigenvalue weighted by atomic mass is 16.3. The first-order valence-corrected chi connectivity index (χ1v) is 6.35. The smallest absolute Gasteiger partial charge is 0.121 e. The van der Waals surface area contributed by atoms with Gasteiger partial charge in [0.2, 0.25) is 0 Å². The van der Waals surface area contributed by atoms with Crippen LogP contribution in [-0.2, 0) is 19.6 Å². The molecule has 18 heavy (non-hydrogen) atoms. The number of benzene rings is 1. The van der Waals surface area contributed by atoms with Crippen LogP contribution in [0.25, 0.3) is 0 Å². The van der Waals surface area contributed by atoms with Crippen LogP contribution >= 0.6 is 0 Å². The van der Waals surface area contributed by atoms with Crippen LogP contribution in [0.15, 0.2) is 47.1 Å². The zero-order valence-corrected chi connectivity index (χ0v) is 10.8. The minimum atomic E-state index is 0.464. The van der Waals surface area contributed by atoms with Crippen LogP contribution in [0.3, 0.4) is 0 Å². The van der Waals surface area contributed by atoms with E-state index in [-0.39, 0.29) is 0 Å². The van der Waals surface area contributed by atoms with E-state index >= 15 is 0 Å². The number of nitrogens with zero attached hydrogens (tertiary/aromatic N) is 1. The normalized spacial score (nSPS) is 11.1. The van der Waals surface area contributed by atoms with Crippen molar-refractivity contribution in [1.82, 2.24) is 4.90 Å². The predicted octanol–water partition coefficient (Wildman–Crippen LogP) is 2.76. The topological polar surface area (TPSA) is 42.4 Å². The molecule has 0 aliphatic heterocycles.